The summed E-state index contributed by atoms with van der Waals surface area (Å²) in [6, 6.07) is 14.3. The van der Waals surface area contributed by atoms with Crippen molar-refractivity contribution < 1.29 is 0 Å². The molecule has 76 valence electrons. The lowest BCUT2D eigenvalue weighted by atomic mass is 10.3. The molecular formula is C12H11IN2. The highest BCUT2D eigenvalue weighted by molar-refractivity contribution is 14.1. The first-order valence-corrected chi connectivity index (χ1v) is 5.75. The van der Waals surface area contributed by atoms with Crippen molar-refractivity contribution in [3.63, 3.8) is 0 Å². The maximum absolute atomic E-state index is 4.27. The molecule has 0 spiro atoms. The van der Waals surface area contributed by atoms with E-state index >= 15 is 0 Å². The summed E-state index contributed by atoms with van der Waals surface area (Å²) in [5, 5.41) is 0. The van der Waals surface area contributed by atoms with Gasteiger partial charge in [-0.3, -0.25) is 0 Å². The van der Waals surface area contributed by atoms with Crippen molar-refractivity contribution in [3.05, 3.63) is 52.4 Å². The van der Waals surface area contributed by atoms with E-state index in [0.29, 0.717) is 0 Å². The number of para-hydroxylation sites is 1. The van der Waals surface area contributed by atoms with Gasteiger partial charge in [0, 0.05) is 12.7 Å². The van der Waals surface area contributed by atoms with Gasteiger partial charge in [-0.05, 0) is 46.9 Å². The second-order valence-corrected chi connectivity index (χ2v) is 4.34. The van der Waals surface area contributed by atoms with Crippen LogP contribution < -0.4 is 4.90 Å². The molecule has 0 N–H and O–H groups in total. The lowest BCUT2D eigenvalue weighted by Crippen LogP contribution is -2.09. The number of halogens is 1. The van der Waals surface area contributed by atoms with Gasteiger partial charge < -0.3 is 4.90 Å². The number of hydrogen-bond donors (Lipinski definition) is 0. The van der Waals surface area contributed by atoms with Crippen molar-refractivity contribution in [2.75, 3.05) is 11.9 Å². The van der Waals surface area contributed by atoms with Crippen molar-refractivity contribution in [3.8, 4) is 0 Å². The normalized spacial score (nSPS) is 10.0. The van der Waals surface area contributed by atoms with E-state index in [0.717, 1.165) is 9.39 Å². The molecule has 0 saturated heterocycles. The maximum atomic E-state index is 4.27. The Morgan fingerprint density at radius 3 is 2.33 bits per heavy atom. The molecule has 2 rings (SSSR count). The highest BCUT2D eigenvalue weighted by Gasteiger charge is 2.02. The minimum Gasteiger partial charge on any atom is -0.343 e. The molecule has 3 heteroatoms. The van der Waals surface area contributed by atoms with E-state index in [1.165, 1.54) is 5.69 Å². The van der Waals surface area contributed by atoms with E-state index in [1.807, 2.05) is 37.5 Å². The van der Waals surface area contributed by atoms with Gasteiger partial charge in [0.15, 0.2) is 0 Å². The number of aromatic nitrogens is 1. The first-order valence-electron chi connectivity index (χ1n) is 4.68. The number of rotatable bonds is 2. The van der Waals surface area contributed by atoms with Crippen molar-refractivity contribution in [1.29, 1.82) is 0 Å². The Balaban J connectivity index is 2.29. The molecule has 0 bridgehead atoms. The molecule has 0 unspecified atom stereocenters. The molecule has 1 aromatic heterocycles. The quantitative estimate of drug-likeness (QED) is 0.624. The first-order chi connectivity index (χ1) is 7.27. The fraction of sp³-hybridized carbons (Fsp3) is 0.0833. The van der Waals surface area contributed by atoms with Crippen LogP contribution in [0.5, 0.6) is 0 Å². The van der Waals surface area contributed by atoms with Crippen LogP contribution in [0.25, 0.3) is 0 Å². The van der Waals surface area contributed by atoms with Crippen LogP contribution in [0.1, 0.15) is 0 Å². The minimum atomic E-state index is 1.01. The van der Waals surface area contributed by atoms with E-state index < -0.39 is 0 Å². The largest absolute Gasteiger partial charge is 0.343 e. The third-order valence-electron chi connectivity index (χ3n) is 2.24. The van der Waals surface area contributed by atoms with Gasteiger partial charge in [-0.25, -0.2) is 4.98 Å². The zero-order valence-electron chi connectivity index (χ0n) is 8.39. The molecule has 0 fully saturated rings. The predicted octanol–water partition coefficient (Wildman–Crippen LogP) is 3.45. The Bertz CT molecular complexity index is 425. The SMILES string of the molecule is CN(c1ccccc1)c1ccc(I)nc1. The summed E-state index contributed by atoms with van der Waals surface area (Å²) < 4.78 is 1.01. The molecule has 0 saturated carbocycles. The molecule has 0 aliphatic heterocycles. The van der Waals surface area contributed by atoms with Gasteiger partial charge in [-0.15, -0.1) is 0 Å². The smallest absolute Gasteiger partial charge is 0.101 e. The lowest BCUT2D eigenvalue weighted by molar-refractivity contribution is 1.16. The zero-order chi connectivity index (χ0) is 10.7. The molecular weight excluding hydrogens is 299 g/mol. The van der Waals surface area contributed by atoms with Crippen molar-refractivity contribution in [1.82, 2.24) is 4.98 Å². The summed E-state index contributed by atoms with van der Waals surface area (Å²) in [5.41, 5.74) is 2.27. The average molecular weight is 310 g/mol. The number of hydrogen-bond acceptors (Lipinski definition) is 2. The summed E-state index contributed by atoms with van der Waals surface area (Å²) in [6.45, 7) is 0. The lowest BCUT2D eigenvalue weighted by Gasteiger charge is -2.18. The summed E-state index contributed by atoms with van der Waals surface area (Å²) in [5.74, 6) is 0. The number of nitrogens with zero attached hydrogens (tertiary/aromatic N) is 2. The zero-order valence-corrected chi connectivity index (χ0v) is 10.5. The third kappa shape index (κ3) is 2.47. The van der Waals surface area contributed by atoms with Crippen molar-refractivity contribution in [2.45, 2.75) is 0 Å². The fourth-order valence-corrected chi connectivity index (χ4v) is 1.69. The van der Waals surface area contributed by atoms with Gasteiger partial charge in [0.2, 0.25) is 0 Å². The van der Waals surface area contributed by atoms with Gasteiger partial charge >= 0.3 is 0 Å². The Morgan fingerprint density at radius 2 is 1.73 bits per heavy atom. The van der Waals surface area contributed by atoms with Gasteiger partial charge in [-0.2, -0.15) is 0 Å². The highest BCUT2D eigenvalue weighted by Crippen LogP contribution is 2.22. The van der Waals surface area contributed by atoms with E-state index in [1.54, 1.807) is 0 Å². The van der Waals surface area contributed by atoms with Gasteiger partial charge in [-0.1, -0.05) is 18.2 Å². The molecule has 0 aliphatic carbocycles. The first kappa shape index (κ1) is 10.4. The van der Waals surface area contributed by atoms with Crippen LogP contribution in [0, 0.1) is 3.70 Å². The topological polar surface area (TPSA) is 16.1 Å². The van der Waals surface area contributed by atoms with E-state index in [4.69, 9.17) is 0 Å². The second-order valence-electron chi connectivity index (χ2n) is 3.23. The van der Waals surface area contributed by atoms with E-state index in [2.05, 4.69) is 50.7 Å². The van der Waals surface area contributed by atoms with Gasteiger partial charge in [0.25, 0.3) is 0 Å². The van der Waals surface area contributed by atoms with E-state index in [-0.39, 0.29) is 0 Å². The van der Waals surface area contributed by atoms with Crippen LogP contribution in [0.15, 0.2) is 48.7 Å². The summed E-state index contributed by atoms with van der Waals surface area (Å²) in [7, 11) is 2.04. The molecule has 1 heterocycles. The Hall–Kier alpha value is -1.10. The number of anilines is 2. The van der Waals surface area contributed by atoms with E-state index in [9.17, 15) is 0 Å². The van der Waals surface area contributed by atoms with Gasteiger partial charge in [0.1, 0.15) is 3.70 Å². The van der Waals surface area contributed by atoms with Crippen LogP contribution in [0.2, 0.25) is 0 Å². The van der Waals surface area contributed by atoms with Crippen molar-refractivity contribution in [2.24, 2.45) is 0 Å². The number of pyridine rings is 1. The highest BCUT2D eigenvalue weighted by atomic mass is 127. The van der Waals surface area contributed by atoms with Crippen LogP contribution in [0.4, 0.5) is 11.4 Å². The number of benzene rings is 1. The Morgan fingerprint density at radius 1 is 1.00 bits per heavy atom. The molecule has 0 amide bonds. The van der Waals surface area contributed by atoms with Crippen molar-refractivity contribution >= 4 is 34.0 Å². The Labute approximate surface area is 103 Å². The van der Waals surface area contributed by atoms with Crippen LogP contribution >= 0.6 is 22.6 Å². The molecule has 1 aromatic carbocycles. The monoisotopic (exact) mass is 310 g/mol. The minimum absolute atomic E-state index is 1.01. The van der Waals surface area contributed by atoms with Crippen LogP contribution in [0.3, 0.4) is 0 Å². The maximum Gasteiger partial charge on any atom is 0.101 e. The molecule has 0 atom stereocenters. The molecule has 2 aromatic rings. The van der Waals surface area contributed by atoms with Crippen LogP contribution in [-0.2, 0) is 0 Å². The van der Waals surface area contributed by atoms with Crippen LogP contribution in [-0.4, -0.2) is 12.0 Å². The molecule has 0 radical (unpaired) electrons. The Kier molecular flexibility index (Phi) is 3.20. The summed E-state index contributed by atoms with van der Waals surface area (Å²) in [6.07, 6.45) is 1.88. The molecule has 0 aliphatic rings. The predicted molar refractivity (Wildman–Crippen MR) is 71.5 cm³/mol. The third-order valence-corrected chi connectivity index (χ3v) is 2.88. The fourth-order valence-electron chi connectivity index (χ4n) is 1.37. The summed E-state index contributed by atoms with van der Waals surface area (Å²) >= 11 is 2.20. The van der Waals surface area contributed by atoms with Gasteiger partial charge in [0.05, 0.1) is 11.9 Å². The molecule has 15 heavy (non-hydrogen) atoms. The second kappa shape index (κ2) is 4.61. The summed E-state index contributed by atoms with van der Waals surface area (Å²) in [4.78, 5) is 6.38. The standard InChI is InChI=1S/C12H11IN2/c1-15(10-5-3-2-4-6-10)11-7-8-12(13)14-9-11/h2-9H,1H3. The average Bonchev–Trinajstić information content (AvgIpc) is 2.30. The molecule has 2 nitrogen and oxygen atoms in total.